The molecule has 0 bridgehead atoms. The second-order valence-corrected chi connectivity index (χ2v) is 4.06. The molecule has 1 aromatic rings. The number of nitrogens with one attached hydrogen (secondary N) is 1. The van der Waals surface area contributed by atoms with E-state index in [1.165, 1.54) is 0 Å². The molecule has 6 heteroatoms. The highest BCUT2D eigenvalue weighted by atomic mass is 32.1. The molecule has 0 unspecified atom stereocenters. The first-order valence-corrected chi connectivity index (χ1v) is 5.54. The standard InChI is InChI=1S/C11H12N2O3S/c12-10(17)3-4-13-11(14)7-1-2-8-9(5-7)16-6-15-8/h1-2,5H,3-4,6H2,(H2,12,17)(H,13,14). The molecule has 0 fully saturated rings. The van der Waals surface area contributed by atoms with E-state index in [0.717, 1.165) is 0 Å². The number of amides is 1. The van der Waals surface area contributed by atoms with Crippen molar-refractivity contribution in [3.8, 4) is 11.5 Å². The minimum atomic E-state index is -0.181. The maximum absolute atomic E-state index is 11.7. The van der Waals surface area contributed by atoms with E-state index in [9.17, 15) is 4.79 Å². The van der Waals surface area contributed by atoms with Gasteiger partial charge in [0.2, 0.25) is 6.79 Å². The van der Waals surface area contributed by atoms with Crippen LogP contribution in [0.2, 0.25) is 0 Å². The highest BCUT2D eigenvalue weighted by Gasteiger charge is 2.15. The fourth-order valence-electron chi connectivity index (χ4n) is 1.44. The van der Waals surface area contributed by atoms with Gasteiger partial charge in [0.1, 0.15) is 0 Å². The molecule has 0 saturated carbocycles. The largest absolute Gasteiger partial charge is 0.454 e. The van der Waals surface area contributed by atoms with E-state index < -0.39 is 0 Å². The Kier molecular flexibility index (Phi) is 3.43. The van der Waals surface area contributed by atoms with E-state index in [1.807, 2.05) is 0 Å². The van der Waals surface area contributed by atoms with Crippen LogP contribution in [-0.4, -0.2) is 24.2 Å². The van der Waals surface area contributed by atoms with Crippen LogP contribution in [0.25, 0.3) is 0 Å². The van der Waals surface area contributed by atoms with Gasteiger partial charge in [-0.1, -0.05) is 12.2 Å². The van der Waals surface area contributed by atoms with Gasteiger partial charge in [-0.3, -0.25) is 4.79 Å². The van der Waals surface area contributed by atoms with Crippen LogP contribution in [0.3, 0.4) is 0 Å². The topological polar surface area (TPSA) is 73.6 Å². The number of carbonyl (C=O) groups excluding carboxylic acids is 1. The molecule has 2 rings (SSSR count). The predicted molar refractivity (Wildman–Crippen MR) is 66.3 cm³/mol. The fraction of sp³-hybridized carbons (Fsp3) is 0.273. The third-order valence-corrected chi connectivity index (χ3v) is 2.50. The normalized spacial score (nSPS) is 12.2. The van der Waals surface area contributed by atoms with E-state index >= 15 is 0 Å². The third-order valence-electron chi connectivity index (χ3n) is 2.29. The van der Waals surface area contributed by atoms with E-state index in [2.05, 4.69) is 5.32 Å². The molecule has 17 heavy (non-hydrogen) atoms. The number of ether oxygens (including phenoxy) is 2. The molecule has 0 radical (unpaired) electrons. The van der Waals surface area contributed by atoms with E-state index in [-0.39, 0.29) is 12.7 Å². The Hall–Kier alpha value is -1.82. The summed E-state index contributed by atoms with van der Waals surface area (Å²) in [6, 6.07) is 5.05. The Morgan fingerprint density at radius 1 is 1.41 bits per heavy atom. The van der Waals surface area contributed by atoms with E-state index in [4.69, 9.17) is 27.4 Å². The lowest BCUT2D eigenvalue weighted by Crippen LogP contribution is -2.27. The second-order valence-electron chi connectivity index (χ2n) is 3.54. The van der Waals surface area contributed by atoms with Gasteiger partial charge in [-0.05, 0) is 18.2 Å². The monoisotopic (exact) mass is 252 g/mol. The van der Waals surface area contributed by atoms with Gasteiger partial charge in [-0.15, -0.1) is 0 Å². The van der Waals surface area contributed by atoms with Crippen molar-refractivity contribution in [1.29, 1.82) is 0 Å². The number of carbonyl (C=O) groups is 1. The Labute approximate surface area is 104 Å². The van der Waals surface area contributed by atoms with Crippen molar-refractivity contribution in [2.75, 3.05) is 13.3 Å². The molecule has 0 spiro atoms. The summed E-state index contributed by atoms with van der Waals surface area (Å²) in [6.07, 6.45) is 0.492. The number of rotatable bonds is 4. The first kappa shape index (κ1) is 11.7. The van der Waals surface area contributed by atoms with Gasteiger partial charge in [-0.25, -0.2) is 0 Å². The SMILES string of the molecule is NC(=S)CCNC(=O)c1ccc2c(c1)OCO2. The Morgan fingerprint density at radius 2 is 2.18 bits per heavy atom. The number of hydrogen-bond acceptors (Lipinski definition) is 4. The summed E-state index contributed by atoms with van der Waals surface area (Å²) >= 11 is 4.72. The molecule has 1 heterocycles. The van der Waals surface area contributed by atoms with Gasteiger partial charge < -0.3 is 20.5 Å². The lowest BCUT2D eigenvalue weighted by atomic mass is 10.2. The van der Waals surface area contributed by atoms with Crippen molar-refractivity contribution < 1.29 is 14.3 Å². The van der Waals surface area contributed by atoms with Crippen molar-refractivity contribution in [3.05, 3.63) is 23.8 Å². The average molecular weight is 252 g/mol. The summed E-state index contributed by atoms with van der Waals surface area (Å²) in [7, 11) is 0. The van der Waals surface area contributed by atoms with Crippen LogP contribution in [0.1, 0.15) is 16.8 Å². The minimum absolute atomic E-state index is 0.181. The molecule has 1 aliphatic heterocycles. The van der Waals surface area contributed by atoms with Crippen LogP contribution in [0.4, 0.5) is 0 Å². The van der Waals surface area contributed by atoms with Crippen molar-refractivity contribution in [3.63, 3.8) is 0 Å². The van der Waals surface area contributed by atoms with E-state index in [1.54, 1.807) is 18.2 Å². The summed E-state index contributed by atoms with van der Waals surface area (Å²) in [4.78, 5) is 12.1. The van der Waals surface area contributed by atoms with Crippen molar-refractivity contribution in [1.82, 2.24) is 5.32 Å². The zero-order valence-corrected chi connectivity index (χ0v) is 9.88. The molecule has 0 aromatic heterocycles. The van der Waals surface area contributed by atoms with Gasteiger partial charge in [0.25, 0.3) is 5.91 Å². The van der Waals surface area contributed by atoms with Crippen LogP contribution in [0, 0.1) is 0 Å². The lowest BCUT2D eigenvalue weighted by molar-refractivity contribution is 0.0954. The number of nitrogens with two attached hydrogens (primary N) is 1. The van der Waals surface area contributed by atoms with Crippen LogP contribution in [0.15, 0.2) is 18.2 Å². The quantitative estimate of drug-likeness (QED) is 0.776. The smallest absolute Gasteiger partial charge is 0.251 e. The van der Waals surface area contributed by atoms with Gasteiger partial charge in [0, 0.05) is 18.5 Å². The van der Waals surface area contributed by atoms with Crippen LogP contribution < -0.4 is 20.5 Å². The van der Waals surface area contributed by atoms with Crippen molar-refractivity contribution in [2.45, 2.75) is 6.42 Å². The number of benzene rings is 1. The molecule has 3 N–H and O–H groups in total. The maximum Gasteiger partial charge on any atom is 0.251 e. The first-order valence-electron chi connectivity index (χ1n) is 5.13. The van der Waals surface area contributed by atoms with Crippen LogP contribution in [0.5, 0.6) is 11.5 Å². The molecule has 5 nitrogen and oxygen atoms in total. The van der Waals surface area contributed by atoms with E-state index in [0.29, 0.717) is 35.0 Å². The Balaban J connectivity index is 1.97. The van der Waals surface area contributed by atoms with Gasteiger partial charge in [0.05, 0.1) is 4.99 Å². The third kappa shape index (κ3) is 2.85. The molecule has 0 aliphatic carbocycles. The molecule has 1 aliphatic rings. The van der Waals surface area contributed by atoms with Crippen molar-refractivity contribution >= 4 is 23.1 Å². The van der Waals surface area contributed by atoms with Crippen LogP contribution in [-0.2, 0) is 0 Å². The molecule has 0 saturated heterocycles. The zero-order chi connectivity index (χ0) is 12.3. The zero-order valence-electron chi connectivity index (χ0n) is 9.06. The highest BCUT2D eigenvalue weighted by Crippen LogP contribution is 2.32. The number of fused-ring (bicyclic) bond motifs is 1. The molecular formula is C11H12N2O3S. The average Bonchev–Trinajstić information content (AvgIpc) is 2.75. The second kappa shape index (κ2) is 5.01. The molecular weight excluding hydrogens is 240 g/mol. The number of hydrogen-bond donors (Lipinski definition) is 2. The predicted octanol–water partition coefficient (Wildman–Crippen LogP) is 0.821. The minimum Gasteiger partial charge on any atom is -0.454 e. The van der Waals surface area contributed by atoms with Crippen LogP contribution >= 0.6 is 12.2 Å². The maximum atomic E-state index is 11.7. The fourth-order valence-corrected chi connectivity index (χ4v) is 1.54. The number of thiocarbonyl (C=S) groups is 1. The van der Waals surface area contributed by atoms with Gasteiger partial charge >= 0.3 is 0 Å². The summed E-state index contributed by atoms with van der Waals surface area (Å²) < 4.78 is 10.3. The summed E-state index contributed by atoms with van der Waals surface area (Å²) in [5, 5.41) is 2.72. The molecule has 0 atom stereocenters. The first-order chi connectivity index (χ1) is 8.16. The summed E-state index contributed by atoms with van der Waals surface area (Å²) in [5.41, 5.74) is 5.86. The summed E-state index contributed by atoms with van der Waals surface area (Å²) in [5.74, 6) is 1.07. The van der Waals surface area contributed by atoms with Crippen molar-refractivity contribution in [2.24, 2.45) is 5.73 Å². The molecule has 1 amide bonds. The lowest BCUT2D eigenvalue weighted by Gasteiger charge is -2.05. The van der Waals surface area contributed by atoms with Gasteiger partial charge in [-0.2, -0.15) is 0 Å². The molecule has 1 aromatic carbocycles. The Bertz CT molecular complexity index is 462. The highest BCUT2D eigenvalue weighted by molar-refractivity contribution is 7.80. The molecule has 90 valence electrons. The Morgan fingerprint density at radius 3 is 2.94 bits per heavy atom. The summed E-state index contributed by atoms with van der Waals surface area (Å²) in [6.45, 7) is 0.629. The van der Waals surface area contributed by atoms with Gasteiger partial charge in [0.15, 0.2) is 11.5 Å².